The smallest absolute Gasteiger partial charge is 0.412 e. The number of carbonyl (C=O) groups is 1. The van der Waals surface area contributed by atoms with E-state index < -0.39 is 11.7 Å². The first-order chi connectivity index (χ1) is 10.2. The maximum atomic E-state index is 11.9. The second-order valence-corrected chi connectivity index (χ2v) is 7.49. The van der Waals surface area contributed by atoms with Gasteiger partial charge in [0.25, 0.3) is 0 Å². The number of carbonyl (C=O) groups excluding carboxylic acids is 1. The minimum atomic E-state index is -0.495. The average Bonchev–Trinajstić information content (AvgIpc) is 2.32. The van der Waals surface area contributed by atoms with Gasteiger partial charge in [-0.05, 0) is 57.6 Å². The highest BCUT2D eigenvalue weighted by Crippen LogP contribution is 2.36. The third kappa shape index (κ3) is 4.65. The van der Waals surface area contributed by atoms with Gasteiger partial charge in [-0.25, -0.2) is 4.79 Å². The van der Waals surface area contributed by atoms with Crippen molar-refractivity contribution in [1.29, 1.82) is 0 Å². The van der Waals surface area contributed by atoms with Crippen molar-refractivity contribution in [1.82, 2.24) is 0 Å². The van der Waals surface area contributed by atoms with Crippen LogP contribution in [0.5, 0.6) is 0 Å². The highest BCUT2D eigenvalue weighted by atomic mass is 16.6. The first-order valence-electron chi connectivity index (χ1n) is 8.10. The molecular weight excluding hydrogens is 276 g/mol. The lowest BCUT2D eigenvalue weighted by atomic mass is 9.73. The minimum absolute atomic E-state index is 0.421. The Morgan fingerprint density at radius 2 is 1.77 bits per heavy atom. The Kier molecular flexibility index (Phi) is 4.99. The summed E-state index contributed by atoms with van der Waals surface area (Å²) in [5, 5.41) is 6.36. The lowest BCUT2D eigenvalue weighted by Gasteiger charge is -2.39. The summed E-state index contributed by atoms with van der Waals surface area (Å²) in [4.78, 5) is 11.9. The van der Waals surface area contributed by atoms with Gasteiger partial charge >= 0.3 is 6.09 Å². The number of nitrogens with one attached hydrogen (secondary N) is 2. The summed E-state index contributed by atoms with van der Waals surface area (Å²) in [6, 6.07) is 8.27. The van der Waals surface area contributed by atoms with Gasteiger partial charge in [0.05, 0.1) is 11.4 Å². The second-order valence-electron chi connectivity index (χ2n) is 7.49. The molecule has 2 N–H and O–H groups in total. The number of ether oxygens (including phenoxy) is 1. The summed E-state index contributed by atoms with van der Waals surface area (Å²) in [5.41, 5.74) is 1.23. The van der Waals surface area contributed by atoms with E-state index in [0.717, 1.165) is 23.2 Å². The van der Waals surface area contributed by atoms with Crippen LogP contribution in [0.15, 0.2) is 24.3 Å². The fourth-order valence-electron chi connectivity index (χ4n) is 2.68. The van der Waals surface area contributed by atoms with Crippen LogP contribution in [0.3, 0.4) is 0 Å². The summed E-state index contributed by atoms with van der Waals surface area (Å²) in [5.74, 6) is 1.55. The molecule has 0 radical (unpaired) electrons. The molecule has 1 aliphatic rings. The Bertz CT molecular complexity index is 514. The zero-order chi connectivity index (χ0) is 16.3. The molecule has 1 aromatic rings. The number of hydrogen-bond donors (Lipinski definition) is 2. The maximum absolute atomic E-state index is 11.9. The molecule has 0 heterocycles. The zero-order valence-corrected chi connectivity index (χ0v) is 14.3. The molecule has 1 aromatic carbocycles. The topological polar surface area (TPSA) is 50.4 Å². The van der Waals surface area contributed by atoms with E-state index in [1.165, 1.54) is 12.8 Å². The van der Waals surface area contributed by atoms with Crippen LogP contribution in [0.4, 0.5) is 16.2 Å². The maximum Gasteiger partial charge on any atom is 0.412 e. The van der Waals surface area contributed by atoms with Crippen LogP contribution in [0.1, 0.15) is 47.5 Å². The summed E-state index contributed by atoms with van der Waals surface area (Å²) >= 11 is 0. The van der Waals surface area contributed by atoms with Gasteiger partial charge in [0.15, 0.2) is 0 Å². The van der Waals surface area contributed by atoms with Crippen molar-refractivity contribution in [2.24, 2.45) is 11.8 Å². The van der Waals surface area contributed by atoms with Gasteiger partial charge in [0.1, 0.15) is 5.60 Å². The average molecular weight is 304 g/mol. The summed E-state index contributed by atoms with van der Waals surface area (Å²) in [6.07, 6.45) is 1.96. The fourth-order valence-corrected chi connectivity index (χ4v) is 2.68. The zero-order valence-electron chi connectivity index (χ0n) is 14.3. The predicted molar refractivity (Wildman–Crippen MR) is 91.3 cm³/mol. The minimum Gasteiger partial charge on any atom is -0.444 e. The lowest BCUT2D eigenvalue weighted by molar-refractivity contribution is 0.0636. The number of amides is 1. The first-order valence-corrected chi connectivity index (χ1v) is 8.10. The van der Waals surface area contributed by atoms with Crippen molar-refractivity contribution in [2.75, 3.05) is 10.6 Å². The van der Waals surface area contributed by atoms with E-state index in [1.807, 2.05) is 45.0 Å². The Hall–Kier alpha value is -1.71. The Morgan fingerprint density at radius 1 is 1.18 bits per heavy atom. The highest BCUT2D eigenvalue weighted by molar-refractivity contribution is 5.89. The van der Waals surface area contributed by atoms with Crippen molar-refractivity contribution < 1.29 is 9.53 Å². The van der Waals surface area contributed by atoms with Gasteiger partial charge in [-0.15, -0.1) is 0 Å². The second kappa shape index (κ2) is 6.59. The Morgan fingerprint density at radius 3 is 2.32 bits per heavy atom. The van der Waals surface area contributed by atoms with Gasteiger partial charge in [0.2, 0.25) is 0 Å². The molecule has 0 atom stereocenters. The van der Waals surface area contributed by atoms with Crippen molar-refractivity contribution in [3.05, 3.63) is 24.3 Å². The largest absolute Gasteiger partial charge is 0.444 e. The molecule has 122 valence electrons. The van der Waals surface area contributed by atoms with Gasteiger partial charge in [0, 0.05) is 6.04 Å². The molecule has 4 heteroatoms. The quantitative estimate of drug-likeness (QED) is 0.833. The normalized spacial score (nSPS) is 21.2. The molecule has 2 rings (SSSR count). The van der Waals surface area contributed by atoms with Crippen LogP contribution in [-0.4, -0.2) is 17.7 Å². The van der Waals surface area contributed by atoms with E-state index in [-0.39, 0.29) is 0 Å². The Balaban J connectivity index is 1.94. The molecule has 0 aromatic heterocycles. The van der Waals surface area contributed by atoms with Gasteiger partial charge in [-0.1, -0.05) is 26.0 Å². The van der Waals surface area contributed by atoms with Crippen LogP contribution < -0.4 is 10.6 Å². The van der Waals surface area contributed by atoms with Crippen molar-refractivity contribution in [3.8, 4) is 0 Å². The molecule has 22 heavy (non-hydrogen) atoms. The Labute approximate surface area is 133 Å². The standard InChI is InChI=1S/C18H28N2O2/c1-12(2)13-10-14(11-13)19-15-8-6-7-9-16(15)20-17(21)22-18(3,4)5/h6-9,12-14,19H,10-11H2,1-5H3,(H,20,21). The summed E-state index contributed by atoms with van der Waals surface area (Å²) in [7, 11) is 0. The predicted octanol–water partition coefficient (Wildman–Crippen LogP) is 4.88. The fraction of sp³-hybridized carbons (Fsp3) is 0.611. The summed E-state index contributed by atoms with van der Waals surface area (Å²) < 4.78 is 5.31. The molecule has 0 bridgehead atoms. The van der Waals surface area contributed by atoms with Crippen LogP contribution in [-0.2, 0) is 4.74 Å². The van der Waals surface area contributed by atoms with Crippen molar-refractivity contribution in [2.45, 2.75) is 59.1 Å². The molecule has 1 aliphatic carbocycles. The lowest BCUT2D eigenvalue weighted by Crippen LogP contribution is -2.38. The van der Waals surface area contributed by atoms with Gasteiger partial charge in [-0.3, -0.25) is 5.32 Å². The number of benzene rings is 1. The molecule has 0 unspecified atom stereocenters. The number of anilines is 2. The van der Waals surface area contributed by atoms with Crippen molar-refractivity contribution >= 4 is 17.5 Å². The van der Waals surface area contributed by atoms with Crippen LogP contribution in [0, 0.1) is 11.8 Å². The molecule has 0 aliphatic heterocycles. The van der Waals surface area contributed by atoms with Crippen LogP contribution in [0.2, 0.25) is 0 Å². The molecule has 1 saturated carbocycles. The summed E-state index contributed by atoms with van der Waals surface area (Å²) in [6.45, 7) is 10.1. The van der Waals surface area contributed by atoms with Gasteiger partial charge in [-0.2, -0.15) is 0 Å². The first kappa shape index (κ1) is 16.7. The van der Waals surface area contributed by atoms with Crippen LogP contribution in [0.25, 0.3) is 0 Å². The van der Waals surface area contributed by atoms with Crippen molar-refractivity contribution in [3.63, 3.8) is 0 Å². The van der Waals surface area contributed by atoms with E-state index in [1.54, 1.807) is 0 Å². The molecule has 1 amide bonds. The third-order valence-electron chi connectivity index (χ3n) is 4.04. The SMILES string of the molecule is CC(C)C1CC(Nc2ccccc2NC(=O)OC(C)(C)C)C1. The van der Waals surface area contributed by atoms with E-state index in [0.29, 0.717) is 6.04 Å². The molecule has 0 saturated heterocycles. The molecule has 0 spiro atoms. The number of rotatable bonds is 4. The number of para-hydroxylation sites is 2. The molecular formula is C18H28N2O2. The van der Waals surface area contributed by atoms with E-state index in [4.69, 9.17) is 4.74 Å². The van der Waals surface area contributed by atoms with E-state index in [2.05, 4.69) is 24.5 Å². The highest BCUT2D eigenvalue weighted by Gasteiger charge is 2.31. The van der Waals surface area contributed by atoms with Crippen LogP contribution >= 0.6 is 0 Å². The third-order valence-corrected chi connectivity index (χ3v) is 4.04. The molecule has 4 nitrogen and oxygen atoms in total. The van der Waals surface area contributed by atoms with E-state index >= 15 is 0 Å². The number of hydrogen-bond acceptors (Lipinski definition) is 3. The molecule has 1 fully saturated rings. The van der Waals surface area contributed by atoms with E-state index in [9.17, 15) is 4.79 Å². The monoisotopic (exact) mass is 304 g/mol. The van der Waals surface area contributed by atoms with Gasteiger partial charge < -0.3 is 10.1 Å².